The lowest BCUT2D eigenvalue weighted by Gasteiger charge is -2.36. The summed E-state index contributed by atoms with van der Waals surface area (Å²) in [5.41, 5.74) is 4.13. The molecule has 0 radical (unpaired) electrons. The van der Waals surface area contributed by atoms with Gasteiger partial charge in [0.25, 0.3) is 0 Å². The third kappa shape index (κ3) is 2.37. The van der Waals surface area contributed by atoms with Gasteiger partial charge in [-0.25, -0.2) is 15.3 Å². The van der Waals surface area contributed by atoms with Crippen molar-refractivity contribution in [2.24, 2.45) is 9.98 Å². The molecular formula is C15H17N5O2. The average molecular weight is 299 g/mol. The molecule has 0 aliphatic carbocycles. The monoisotopic (exact) mass is 299 g/mol. The molecule has 7 heteroatoms. The SMILES string of the molecule is Cc1cc2c(cc1C)N(CCC#N)C1=NC(O)NC(O)C1=N2. The Hall–Kier alpha value is -2.27. The molecule has 0 bridgehead atoms. The maximum absolute atomic E-state index is 10.1. The number of nitrogens with zero attached hydrogens (tertiary/aromatic N) is 4. The van der Waals surface area contributed by atoms with Crippen LogP contribution in [0.15, 0.2) is 22.1 Å². The van der Waals surface area contributed by atoms with Crippen LogP contribution >= 0.6 is 0 Å². The number of amidine groups is 1. The number of hydrogen-bond acceptors (Lipinski definition) is 7. The van der Waals surface area contributed by atoms with E-state index in [0.29, 0.717) is 24.5 Å². The third-order valence-electron chi connectivity index (χ3n) is 3.87. The Balaban J connectivity index is 2.17. The van der Waals surface area contributed by atoms with Crippen LogP contribution in [-0.2, 0) is 0 Å². The number of aliphatic hydroxyl groups is 2. The minimum absolute atomic E-state index is 0.304. The molecule has 2 aliphatic heterocycles. The van der Waals surface area contributed by atoms with Gasteiger partial charge in [-0.15, -0.1) is 0 Å². The summed E-state index contributed by atoms with van der Waals surface area (Å²) < 4.78 is 0. The quantitative estimate of drug-likeness (QED) is 0.746. The van der Waals surface area contributed by atoms with Crippen LogP contribution in [0.1, 0.15) is 17.5 Å². The van der Waals surface area contributed by atoms with Crippen molar-refractivity contribution in [3.63, 3.8) is 0 Å². The van der Waals surface area contributed by atoms with Crippen molar-refractivity contribution in [2.45, 2.75) is 32.8 Å². The minimum Gasteiger partial charge on any atom is -0.372 e. The van der Waals surface area contributed by atoms with Crippen LogP contribution in [0, 0.1) is 25.2 Å². The summed E-state index contributed by atoms with van der Waals surface area (Å²) >= 11 is 0. The maximum atomic E-state index is 10.1. The number of nitriles is 1. The van der Waals surface area contributed by atoms with Crippen LogP contribution < -0.4 is 10.2 Å². The maximum Gasteiger partial charge on any atom is 0.206 e. The van der Waals surface area contributed by atoms with E-state index in [4.69, 9.17) is 5.26 Å². The molecule has 0 fully saturated rings. The summed E-state index contributed by atoms with van der Waals surface area (Å²) in [6, 6.07) is 6.05. The highest BCUT2D eigenvalue weighted by Crippen LogP contribution is 2.36. The number of aliphatic imine (C=N–C) groups is 2. The van der Waals surface area contributed by atoms with Gasteiger partial charge in [0.15, 0.2) is 12.1 Å². The first kappa shape index (κ1) is 14.7. The van der Waals surface area contributed by atoms with E-state index in [1.54, 1.807) is 0 Å². The lowest BCUT2D eigenvalue weighted by molar-refractivity contribution is 0.0770. The second-order valence-corrected chi connectivity index (χ2v) is 5.38. The zero-order chi connectivity index (χ0) is 15.9. The molecule has 1 aromatic rings. The fourth-order valence-electron chi connectivity index (χ4n) is 2.60. The Bertz CT molecular complexity index is 719. The van der Waals surface area contributed by atoms with E-state index < -0.39 is 12.6 Å². The number of aryl methyl sites for hydroxylation is 2. The van der Waals surface area contributed by atoms with Crippen molar-refractivity contribution in [1.82, 2.24) is 5.32 Å². The van der Waals surface area contributed by atoms with Gasteiger partial charge in [-0.3, -0.25) is 0 Å². The highest BCUT2D eigenvalue weighted by atomic mass is 16.3. The highest BCUT2D eigenvalue weighted by molar-refractivity contribution is 6.49. The predicted octanol–water partition coefficient (Wildman–Crippen LogP) is 0.706. The van der Waals surface area contributed by atoms with Gasteiger partial charge in [0, 0.05) is 6.54 Å². The number of fused-ring (bicyclic) bond motifs is 2. The highest BCUT2D eigenvalue weighted by Gasteiger charge is 2.35. The van der Waals surface area contributed by atoms with Gasteiger partial charge in [0.1, 0.15) is 5.71 Å². The van der Waals surface area contributed by atoms with E-state index in [1.807, 2.05) is 30.9 Å². The van der Waals surface area contributed by atoms with Crippen molar-refractivity contribution in [3.05, 3.63) is 23.3 Å². The summed E-state index contributed by atoms with van der Waals surface area (Å²) in [6.45, 7) is 4.42. The second-order valence-electron chi connectivity index (χ2n) is 5.38. The van der Waals surface area contributed by atoms with Gasteiger partial charge < -0.3 is 15.1 Å². The molecule has 2 atom stereocenters. The van der Waals surface area contributed by atoms with Crippen molar-refractivity contribution < 1.29 is 10.2 Å². The molecule has 0 amide bonds. The molecule has 0 spiro atoms. The molecule has 2 unspecified atom stereocenters. The van der Waals surface area contributed by atoms with Crippen LogP contribution in [0.3, 0.4) is 0 Å². The third-order valence-corrected chi connectivity index (χ3v) is 3.87. The largest absolute Gasteiger partial charge is 0.372 e. The number of anilines is 1. The molecule has 7 nitrogen and oxygen atoms in total. The normalized spacial score (nSPS) is 23.1. The van der Waals surface area contributed by atoms with Gasteiger partial charge in [0.2, 0.25) is 6.35 Å². The lowest BCUT2D eigenvalue weighted by Crippen LogP contribution is -2.56. The first-order valence-electron chi connectivity index (χ1n) is 7.06. The van der Waals surface area contributed by atoms with Gasteiger partial charge >= 0.3 is 0 Å². The molecule has 3 rings (SSSR count). The number of nitrogens with one attached hydrogen (secondary N) is 1. The number of rotatable bonds is 2. The molecule has 3 N–H and O–H groups in total. The van der Waals surface area contributed by atoms with E-state index in [-0.39, 0.29) is 0 Å². The molecule has 0 aromatic heterocycles. The van der Waals surface area contributed by atoms with Crippen molar-refractivity contribution in [3.8, 4) is 6.07 Å². The fraction of sp³-hybridized carbons (Fsp3) is 0.400. The number of aliphatic hydroxyl groups excluding tert-OH is 2. The van der Waals surface area contributed by atoms with Gasteiger partial charge in [0.05, 0.1) is 23.9 Å². The van der Waals surface area contributed by atoms with Crippen LogP contribution in [0.2, 0.25) is 0 Å². The van der Waals surface area contributed by atoms with Crippen molar-refractivity contribution >= 4 is 22.9 Å². The van der Waals surface area contributed by atoms with E-state index in [2.05, 4.69) is 21.4 Å². The van der Waals surface area contributed by atoms with Gasteiger partial charge in [-0.05, 0) is 37.1 Å². The Labute approximate surface area is 128 Å². The zero-order valence-corrected chi connectivity index (χ0v) is 12.4. The predicted molar refractivity (Wildman–Crippen MR) is 83.2 cm³/mol. The Morgan fingerprint density at radius 3 is 2.77 bits per heavy atom. The Kier molecular flexibility index (Phi) is 3.66. The minimum atomic E-state index is -1.19. The summed E-state index contributed by atoms with van der Waals surface area (Å²) in [5.74, 6) is 0.407. The average Bonchev–Trinajstić information content (AvgIpc) is 2.46. The van der Waals surface area contributed by atoms with E-state index >= 15 is 0 Å². The lowest BCUT2D eigenvalue weighted by atomic mass is 10.0. The first-order chi connectivity index (χ1) is 10.5. The molecular weight excluding hydrogens is 282 g/mol. The number of hydrogen-bond donors (Lipinski definition) is 3. The van der Waals surface area contributed by atoms with Crippen molar-refractivity contribution in [1.29, 1.82) is 5.26 Å². The summed E-state index contributed by atoms with van der Waals surface area (Å²) in [7, 11) is 0. The summed E-state index contributed by atoms with van der Waals surface area (Å²) in [4.78, 5) is 10.4. The molecule has 0 saturated carbocycles. The first-order valence-corrected chi connectivity index (χ1v) is 7.06. The topological polar surface area (TPSA) is 104 Å². The molecule has 2 heterocycles. The van der Waals surface area contributed by atoms with E-state index in [1.165, 1.54) is 0 Å². The number of benzene rings is 1. The Morgan fingerprint density at radius 2 is 2.05 bits per heavy atom. The molecule has 2 aliphatic rings. The van der Waals surface area contributed by atoms with Crippen LogP contribution in [0.5, 0.6) is 0 Å². The van der Waals surface area contributed by atoms with Gasteiger partial charge in [-0.2, -0.15) is 5.26 Å². The van der Waals surface area contributed by atoms with E-state index in [0.717, 1.165) is 22.5 Å². The molecule has 114 valence electrons. The smallest absolute Gasteiger partial charge is 0.206 e. The molecule has 0 saturated heterocycles. The van der Waals surface area contributed by atoms with Crippen LogP contribution in [0.25, 0.3) is 0 Å². The standard InChI is InChI=1S/C15H17N5O2/c1-8-6-10-11(7-9(8)2)20(5-3-4-16)13-12(17-10)14(21)19-15(22)18-13/h6-7,14-15,19,21-22H,3,5H2,1-2H3. The fourth-order valence-corrected chi connectivity index (χ4v) is 2.60. The van der Waals surface area contributed by atoms with Crippen LogP contribution in [0.4, 0.5) is 11.4 Å². The summed E-state index contributed by atoms with van der Waals surface area (Å²) in [5, 5.41) is 31.2. The van der Waals surface area contributed by atoms with E-state index in [9.17, 15) is 10.2 Å². The Morgan fingerprint density at radius 1 is 1.32 bits per heavy atom. The van der Waals surface area contributed by atoms with Crippen LogP contribution in [-0.4, -0.2) is 40.9 Å². The molecule has 1 aromatic carbocycles. The zero-order valence-electron chi connectivity index (χ0n) is 12.4. The van der Waals surface area contributed by atoms with Gasteiger partial charge in [-0.1, -0.05) is 0 Å². The summed E-state index contributed by atoms with van der Waals surface area (Å²) in [6.07, 6.45) is -1.98. The molecule has 22 heavy (non-hydrogen) atoms. The van der Waals surface area contributed by atoms with Crippen molar-refractivity contribution in [2.75, 3.05) is 11.4 Å². The second kappa shape index (κ2) is 5.50.